The van der Waals surface area contributed by atoms with Gasteiger partial charge in [0.25, 0.3) is 5.91 Å². The van der Waals surface area contributed by atoms with Gasteiger partial charge in [0.2, 0.25) is 0 Å². The molecule has 0 aliphatic heterocycles. The van der Waals surface area contributed by atoms with Crippen LogP contribution in [-0.2, 0) is 4.79 Å². The van der Waals surface area contributed by atoms with Crippen LogP contribution in [0.1, 0.15) is 0 Å². The van der Waals surface area contributed by atoms with Gasteiger partial charge >= 0.3 is 0 Å². The molecule has 11 heavy (non-hydrogen) atoms. The fourth-order valence-corrected chi connectivity index (χ4v) is 0.644. The van der Waals surface area contributed by atoms with Gasteiger partial charge in [-0.25, -0.2) is 0 Å². The number of aliphatic hydroxyl groups is 1. The lowest BCUT2D eigenvalue weighted by atomic mass is 10.4. The Morgan fingerprint density at radius 2 is 2.45 bits per heavy atom. The highest BCUT2D eigenvalue weighted by molar-refractivity contribution is 5.92. The molecule has 0 heterocycles. The minimum atomic E-state index is -0.418. The van der Waals surface area contributed by atoms with Crippen molar-refractivity contribution in [2.75, 3.05) is 19.7 Å². The number of carbonyl (C=O) groups excluding carboxylic acids is 1. The quantitative estimate of drug-likeness (QED) is 0.442. The lowest BCUT2D eigenvalue weighted by Gasteiger charge is -2.15. The molecule has 1 amide bonds. The van der Waals surface area contributed by atoms with Crippen molar-refractivity contribution >= 4 is 5.91 Å². The van der Waals surface area contributed by atoms with Crippen LogP contribution in [-0.4, -0.2) is 35.6 Å². The number of amides is 1. The highest BCUT2D eigenvalue weighted by atomic mass is 16.3. The predicted octanol–water partition coefficient (Wildman–Crippen LogP) is -0.373. The molecule has 0 aromatic carbocycles. The SMILES string of the molecule is C#CC(=O)N(CC=C)CCO. The zero-order chi connectivity index (χ0) is 8.69. The molecule has 0 aromatic rings. The molecule has 0 bridgehead atoms. The minimum Gasteiger partial charge on any atom is -0.395 e. The summed E-state index contributed by atoms with van der Waals surface area (Å²) in [7, 11) is 0. The summed E-state index contributed by atoms with van der Waals surface area (Å²) in [5.74, 6) is 1.55. The van der Waals surface area contributed by atoms with E-state index >= 15 is 0 Å². The average molecular weight is 153 g/mol. The van der Waals surface area contributed by atoms with E-state index in [4.69, 9.17) is 11.5 Å². The summed E-state index contributed by atoms with van der Waals surface area (Å²) in [6.07, 6.45) is 6.44. The van der Waals surface area contributed by atoms with Gasteiger partial charge in [-0.05, 0) is 5.92 Å². The largest absolute Gasteiger partial charge is 0.395 e. The summed E-state index contributed by atoms with van der Waals surface area (Å²) in [5, 5.41) is 8.51. The van der Waals surface area contributed by atoms with Crippen LogP contribution in [0.3, 0.4) is 0 Å². The van der Waals surface area contributed by atoms with Gasteiger partial charge in [0.1, 0.15) is 0 Å². The number of hydrogen-bond donors (Lipinski definition) is 1. The Balaban J connectivity index is 3.99. The molecule has 60 valence electrons. The number of terminal acetylenes is 1. The first-order valence-corrected chi connectivity index (χ1v) is 3.23. The lowest BCUT2D eigenvalue weighted by Crippen LogP contribution is -2.32. The Bertz CT molecular complexity index is 181. The summed E-state index contributed by atoms with van der Waals surface area (Å²) in [6, 6.07) is 0. The summed E-state index contributed by atoms with van der Waals surface area (Å²) in [5.41, 5.74) is 0. The first-order valence-electron chi connectivity index (χ1n) is 3.23. The molecule has 0 saturated carbocycles. The molecule has 0 saturated heterocycles. The van der Waals surface area contributed by atoms with Crippen molar-refractivity contribution in [3.63, 3.8) is 0 Å². The van der Waals surface area contributed by atoms with Crippen LogP contribution in [0.5, 0.6) is 0 Å². The molecule has 0 aliphatic carbocycles. The Morgan fingerprint density at radius 3 is 2.82 bits per heavy atom. The molecule has 0 radical (unpaired) electrons. The van der Waals surface area contributed by atoms with Gasteiger partial charge in [-0.2, -0.15) is 0 Å². The molecule has 1 N–H and O–H groups in total. The van der Waals surface area contributed by atoms with Crippen LogP contribution < -0.4 is 0 Å². The van der Waals surface area contributed by atoms with Crippen molar-refractivity contribution in [3.05, 3.63) is 12.7 Å². The van der Waals surface area contributed by atoms with Crippen LogP contribution in [0.15, 0.2) is 12.7 Å². The van der Waals surface area contributed by atoms with Gasteiger partial charge in [-0.15, -0.1) is 13.0 Å². The van der Waals surface area contributed by atoms with Crippen molar-refractivity contribution < 1.29 is 9.90 Å². The fourth-order valence-electron chi connectivity index (χ4n) is 0.644. The third kappa shape index (κ3) is 3.43. The molecule has 0 aromatic heterocycles. The predicted molar refractivity (Wildman–Crippen MR) is 42.7 cm³/mol. The lowest BCUT2D eigenvalue weighted by molar-refractivity contribution is -0.125. The van der Waals surface area contributed by atoms with E-state index in [0.717, 1.165) is 0 Å². The van der Waals surface area contributed by atoms with Gasteiger partial charge in [-0.3, -0.25) is 4.79 Å². The summed E-state index contributed by atoms with van der Waals surface area (Å²) in [6.45, 7) is 4.01. The first-order chi connectivity index (χ1) is 5.26. The zero-order valence-electron chi connectivity index (χ0n) is 6.29. The number of aliphatic hydroxyl groups excluding tert-OH is 1. The number of hydrogen-bond acceptors (Lipinski definition) is 2. The molecular formula is C8H11NO2. The first kappa shape index (κ1) is 9.73. The Hall–Kier alpha value is -1.27. The van der Waals surface area contributed by atoms with Crippen LogP contribution in [0, 0.1) is 12.3 Å². The van der Waals surface area contributed by atoms with Gasteiger partial charge in [0.15, 0.2) is 0 Å². The van der Waals surface area contributed by atoms with E-state index in [-0.39, 0.29) is 13.2 Å². The van der Waals surface area contributed by atoms with Crippen molar-refractivity contribution in [1.82, 2.24) is 4.90 Å². The van der Waals surface area contributed by atoms with Gasteiger partial charge in [0.05, 0.1) is 6.61 Å². The maximum Gasteiger partial charge on any atom is 0.298 e. The maximum atomic E-state index is 10.8. The van der Waals surface area contributed by atoms with E-state index in [1.165, 1.54) is 4.90 Å². The number of rotatable bonds is 4. The molecule has 3 heteroatoms. The van der Waals surface area contributed by atoms with Crippen molar-refractivity contribution in [2.45, 2.75) is 0 Å². The molecule has 0 unspecified atom stereocenters. The topological polar surface area (TPSA) is 40.5 Å². The normalized spacial score (nSPS) is 8.36. The van der Waals surface area contributed by atoms with E-state index in [9.17, 15) is 4.79 Å². The second-order valence-electron chi connectivity index (χ2n) is 1.91. The highest BCUT2D eigenvalue weighted by Gasteiger charge is 2.06. The van der Waals surface area contributed by atoms with Crippen LogP contribution >= 0.6 is 0 Å². The molecule has 0 fully saturated rings. The van der Waals surface area contributed by atoms with Crippen molar-refractivity contribution in [1.29, 1.82) is 0 Å². The molecule has 0 aliphatic rings. The van der Waals surface area contributed by atoms with Gasteiger partial charge in [-0.1, -0.05) is 6.08 Å². The van der Waals surface area contributed by atoms with E-state index in [2.05, 4.69) is 6.58 Å². The van der Waals surface area contributed by atoms with E-state index in [0.29, 0.717) is 6.54 Å². The second kappa shape index (κ2) is 5.51. The van der Waals surface area contributed by atoms with Crippen molar-refractivity contribution in [3.8, 4) is 12.3 Å². The molecule has 3 nitrogen and oxygen atoms in total. The number of carbonyl (C=O) groups is 1. The van der Waals surface area contributed by atoms with E-state index in [1.807, 2.05) is 5.92 Å². The van der Waals surface area contributed by atoms with E-state index in [1.54, 1.807) is 6.08 Å². The summed E-state index contributed by atoms with van der Waals surface area (Å²) < 4.78 is 0. The monoisotopic (exact) mass is 153 g/mol. The third-order valence-electron chi connectivity index (χ3n) is 1.13. The van der Waals surface area contributed by atoms with Gasteiger partial charge < -0.3 is 10.0 Å². The molecule has 0 atom stereocenters. The highest BCUT2D eigenvalue weighted by Crippen LogP contribution is 1.87. The van der Waals surface area contributed by atoms with Gasteiger partial charge in [0, 0.05) is 13.1 Å². The maximum absolute atomic E-state index is 10.8. The fraction of sp³-hybridized carbons (Fsp3) is 0.375. The second-order valence-corrected chi connectivity index (χ2v) is 1.91. The Labute approximate surface area is 66.3 Å². The molecule has 0 spiro atoms. The van der Waals surface area contributed by atoms with Crippen LogP contribution in [0.4, 0.5) is 0 Å². The summed E-state index contributed by atoms with van der Waals surface area (Å²) in [4.78, 5) is 12.2. The Morgan fingerprint density at radius 1 is 1.82 bits per heavy atom. The van der Waals surface area contributed by atoms with Crippen molar-refractivity contribution in [2.24, 2.45) is 0 Å². The minimum absolute atomic E-state index is 0.0821. The standard InChI is InChI=1S/C8H11NO2/c1-3-5-9(6-7-10)8(11)4-2/h2-3,10H,1,5-7H2. The number of nitrogens with zero attached hydrogens (tertiary/aromatic N) is 1. The summed E-state index contributed by atoms with van der Waals surface area (Å²) >= 11 is 0. The van der Waals surface area contributed by atoms with Crippen LogP contribution in [0.25, 0.3) is 0 Å². The van der Waals surface area contributed by atoms with E-state index < -0.39 is 5.91 Å². The Kier molecular flexibility index (Phi) is 4.87. The smallest absolute Gasteiger partial charge is 0.298 e. The molecule has 0 rings (SSSR count). The zero-order valence-corrected chi connectivity index (χ0v) is 6.29. The van der Waals surface area contributed by atoms with Crippen LogP contribution in [0.2, 0.25) is 0 Å². The molecular weight excluding hydrogens is 142 g/mol. The third-order valence-corrected chi connectivity index (χ3v) is 1.13. The average Bonchev–Trinajstić information content (AvgIpc) is 2.03.